The van der Waals surface area contributed by atoms with Crippen molar-refractivity contribution in [3.8, 4) is 0 Å². The summed E-state index contributed by atoms with van der Waals surface area (Å²) in [5.41, 5.74) is 3.03. The van der Waals surface area contributed by atoms with Gasteiger partial charge in [-0.1, -0.05) is 45.0 Å². The predicted octanol–water partition coefficient (Wildman–Crippen LogP) is 5.00. The Bertz CT molecular complexity index is 636. The van der Waals surface area contributed by atoms with E-state index >= 15 is 0 Å². The van der Waals surface area contributed by atoms with Crippen molar-refractivity contribution in [2.75, 3.05) is 7.11 Å². The first-order chi connectivity index (χ1) is 11.3. The first kappa shape index (κ1) is 16.2. The van der Waals surface area contributed by atoms with Gasteiger partial charge in [-0.3, -0.25) is 4.79 Å². The zero-order valence-electron chi connectivity index (χ0n) is 15.5. The normalized spacial score (nSPS) is 37.5. The maximum Gasteiger partial charge on any atom is 0.311 e. The summed E-state index contributed by atoms with van der Waals surface area (Å²) in [6.45, 7) is 6.79. The van der Waals surface area contributed by atoms with Crippen molar-refractivity contribution in [3.63, 3.8) is 0 Å². The van der Waals surface area contributed by atoms with Gasteiger partial charge in [0.05, 0.1) is 12.5 Å². The molecule has 4 bridgehead atoms. The number of carbonyl (C=O) groups is 1. The van der Waals surface area contributed by atoms with Gasteiger partial charge in [-0.05, 0) is 72.3 Å². The van der Waals surface area contributed by atoms with E-state index in [9.17, 15) is 4.79 Å². The molecule has 0 radical (unpaired) electrons. The molecule has 0 heterocycles. The van der Waals surface area contributed by atoms with Crippen LogP contribution in [0, 0.1) is 17.3 Å². The van der Waals surface area contributed by atoms with Crippen LogP contribution in [0.25, 0.3) is 0 Å². The van der Waals surface area contributed by atoms with E-state index in [1.807, 2.05) is 0 Å². The average Bonchev–Trinajstić information content (AvgIpc) is 2.52. The van der Waals surface area contributed by atoms with Gasteiger partial charge in [-0.2, -0.15) is 0 Å². The van der Waals surface area contributed by atoms with Crippen LogP contribution < -0.4 is 0 Å². The number of esters is 1. The van der Waals surface area contributed by atoms with Gasteiger partial charge in [-0.15, -0.1) is 0 Å². The predicted molar refractivity (Wildman–Crippen MR) is 96.0 cm³/mol. The molecule has 0 spiro atoms. The molecule has 4 aliphatic carbocycles. The first-order valence-corrected chi connectivity index (χ1v) is 9.46. The van der Waals surface area contributed by atoms with E-state index < -0.39 is 0 Å². The number of ether oxygens (including phenoxy) is 1. The molecule has 0 N–H and O–H groups in total. The molecule has 4 aliphatic rings. The molecule has 4 fully saturated rings. The smallest absolute Gasteiger partial charge is 0.311 e. The number of carbonyl (C=O) groups excluding carboxylic acids is 1. The molecule has 0 amide bonds. The quantitative estimate of drug-likeness (QED) is 0.715. The fraction of sp³-hybridized carbons (Fsp3) is 0.682. The van der Waals surface area contributed by atoms with Crippen LogP contribution in [0.2, 0.25) is 0 Å². The van der Waals surface area contributed by atoms with Gasteiger partial charge in [0.25, 0.3) is 0 Å². The summed E-state index contributed by atoms with van der Waals surface area (Å²) in [6.07, 6.45) is 6.94. The van der Waals surface area contributed by atoms with Gasteiger partial charge in [0.2, 0.25) is 0 Å². The second-order valence-corrected chi connectivity index (χ2v) is 9.84. The molecule has 2 nitrogen and oxygen atoms in total. The number of methoxy groups -OCH3 is 1. The third-order valence-corrected chi connectivity index (χ3v) is 7.04. The lowest BCUT2D eigenvalue weighted by molar-refractivity contribution is -0.171. The second kappa shape index (κ2) is 5.09. The lowest BCUT2D eigenvalue weighted by atomic mass is 9.43. The third-order valence-electron chi connectivity index (χ3n) is 7.04. The summed E-state index contributed by atoms with van der Waals surface area (Å²) in [4.78, 5) is 12.6. The summed E-state index contributed by atoms with van der Waals surface area (Å²) in [6, 6.07) is 9.30. The Morgan fingerprint density at radius 3 is 2.12 bits per heavy atom. The third kappa shape index (κ3) is 2.33. The number of hydrogen-bond acceptors (Lipinski definition) is 2. The Balaban J connectivity index is 1.71. The molecule has 1 aromatic rings. The maximum absolute atomic E-state index is 12.6. The van der Waals surface area contributed by atoms with Gasteiger partial charge in [0.1, 0.15) is 0 Å². The van der Waals surface area contributed by atoms with Crippen molar-refractivity contribution >= 4 is 5.97 Å². The minimum absolute atomic E-state index is 0.0484. The summed E-state index contributed by atoms with van der Waals surface area (Å²) >= 11 is 0. The van der Waals surface area contributed by atoms with E-state index in [-0.39, 0.29) is 22.2 Å². The molecule has 5 rings (SSSR count). The van der Waals surface area contributed by atoms with Crippen LogP contribution >= 0.6 is 0 Å². The average molecular weight is 326 g/mol. The van der Waals surface area contributed by atoms with E-state index in [0.717, 1.165) is 19.3 Å². The fourth-order valence-electron chi connectivity index (χ4n) is 6.38. The Hall–Kier alpha value is -1.31. The summed E-state index contributed by atoms with van der Waals surface area (Å²) in [5, 5.41) is 0. The zero-order valence-corrected chi connectivity index (χ0v) is 15.5. The molecule has 2 heteroatoms. The molecule has 4 atom stereocenters. The Kier molecular flexibility index (Phi) is 3.43. The molecule has 1 aromatic carbocycles. The van der Waals surface area contributed by atoms with E-state index in [1.54, 1.807) is 7.11 Å². The van der Waals surface area contributed by atoms with Crippen LogP contribution in [-0.4, -0.2) is 13.1 Å². The highest BCUT2D eigenvalue weighted by Crippen LogP contribution is 2.66. The number of benzene rings is 1. The van der Waals surface area contributed by atoms with Crippen LogP contribution in [0.15, 0.2) is 24.3 Å². The van der Waals surface area contributed by atoms with Gasteiger partial charge in [0, 0.05) is 0 Å². The van der Waals surface area contributed by atoms with Crippen LogP contribution in [0.3, 0.4) is 0 Å². The van der Waals surface area contributed by atoms with Crippen molar-refractivity contribution in [1.82, 2.24) is 0 Å². The minimum Gasteiger partial charge on any atom is -0.469 e. The van der Waals surface area contributed by atoms with Gasteiger partial charge in [-0.25, -0.2) is 0 Å². The SMILES string of the molecule is COC(=O)C12C[C@H]3C[C@@H](C1)CC(c1ccc(C(C)(C)C)cc1)(C3)C2. The molecule has 4 saturated carbocycles. The highest BCUT2D eigenvalue weighted by Gasteiger charge is 2.61. The summed E-state index contributed by atoms with van der Waals surface area (Å²) < 4.78 is 5.24. The van der Waals surface area contributed by atoms with Gasteiger partial charge in [0.15, 0.2) is 0 Å². The van der Waals surface area contributed by atoms with Gasteiger partial charge >= 0.3 is 5.97 Å². The molecule has 130 valence electrons. The van der Waals surface area contributed by atoms with Crippen molar-refractivity contribution in [2.24, 2.45) is 17.3 Å². The Labute approximate surface area is 146 Å². The second-order valence-electron chi connectivity index (χ2n) is 9.84. The molecule has 0 aliphatic heterocycles. The van der Waals surface area contributed by atoms with Crippen molar-refractivity contribution in [1.29, 1.82) is 0 Å². The fourth-order valence-corrected chi connectivity index (χ4v) is 6.38. The van der Waals surface area contributed by atoms with Crippen LogP contribution in [0.1, 0.15) is 70.4 Å². The standard InChI is InChI=1S/C22H30O2/c1-20(2,3)17-5-7-18(8-6-17)21-10-15-9-16(11-21)13-22(12-15,14-21)19(23)24-4/h5-8,15-16H,9-14H2,1-4H3/t15-,16+,21?,22?. The highest BCUT2D eigenvalue weighted by atomic mass is 16.5. The van der Waals surface area contributed by atoms with E-state index in [2.05, 4.69) is 45.0 Å². The topological polar surface area (TPSA) is 26.3 Å². The van der Waals surface area contributed by atoms with Gasteiger partial charge < -0.3 is 4.74 Å². The Morgan fingerprint density at radius 2 is 1.62 bits per heavy atom. The monoisotopic (exact) mass is 326 g/mol. The molecule has 24 heavy (non-hydrogen) atoms. The number of hydrogen-bond donors (Lipinski definition) is 0. The number of rotatable bonds is 2. The van der Waals surface area contributed by atoms with Crippen LogP contribution in [0.5, 0.6) is 0 Å². The molecule has 2 unspecified atom stereocenters. The molecule has 0 saturated heterocycles. The minimum atomic E-state index is -0.207. The van der Waals surface area contributed by atoms with E-state index in [1.165, 1.54) is 30.4 Å². The van der Waals surface area contributed by atoms with Crippen molar-refractivity contribution in [3.05, 3.63) is 35.4 Å². The first-order valence-electron chi connectivity index (χ1n) is 9.46. The Morgan fingerprint density at radius 1 is 1.04 bits per heavy atom. The van der Waals surface area contributed by atoms with Crippen LogP contribution in [-0.2, 0) is 20.4 Å². The summed E-state index contributed by atoms with van der Waals surface area (Å²) in [5.74, 6) is 1.45. The van der Waals surface area contributed by atoms with Crippen molar-refractivity contribution < 1.29 is 9.53 Å². The highest BCUT2D eigenvalue weighted by molar-refractivity contribution is 5.78. The lowest BCUT2D eigenvalue weighted by Gasteiger charge is -2.61. The molecular formula is C22H30O2. The zero-order chi connectivity index (χ0) is 17.2. The maximum atomic E-state index is 12.6. The lowest BCUT2D eigenvalue weighted by Crippen LogP contribution is -2.57. The van der Waals surface area contributed by atoms with E-state index in [4.69, 9.17) is 4.74 Å². The van der Waals surface area contributed by atoms with Crippen molar-refractivity contribution in [2.45, 2.75) is 70.1 Å². The molecular weight excluding hydrogens is 296 g/mol. The van der Waals surface area contributed by atoms with E-state index in [0.29, 0.717) is 11.8 Å². The summed E-state index contributed by atoms with van der Waals surface area (Å²) in [7, 11) is 1.56. The largest absolute Gasteiger partial charge is 0.469 e. The van der Waals surface area contributed by atoms with Crippen LogP contribution in [0.4, 0.5) is 0 Å². The molecule has 0 aromatic heterocycles.